The maximum absolute atomic E-state index is 12.7. The Morgan fingerprint density at radius 3 is 2.61 bits per heavy atom. The van der Waals surface area contributed by atoms with Gasteiger partial charge >= 0.3 is 0 Å². The second-order valence-corrected chi connectivity index (χ2v) is 9.51. The van der Waals surface area contributed by atoms with Crippen molar-refractivity contribution in [3.8, 4) is 5.75 Å². The summed E-state index contributed by atoms with van der Waals surface area (Å²) >= 11 is 0. The van der Waals surface area contributed by atoms with Gasteiger partial charge in [-0.05, 0) is 38.2 Å². The van der Waals surface area contributed by atoms with Crippen LogP contribution in [0.25, 0.3) is 0 Å². The van der Waals surface area contributed by atoms with Gasteiger partial charge in [0, 0.05) is 49.6 Å². The first-order valence-corrected chi connectivity index (χ1v) is 12.0. The molecular formula is C25H38N4O2. The number of methoxy groups -OCH3 is 1. The summed E-state index contributed by atoms with van der Waals surface area (Å²) < 4.78 is 5.69. The van der Waals surface area contributed by atoms with E-state index >= 15 is 0 Å². The summed E-state index contributed by atoms with van der Waals surface area (Å²) in [5, 5.41) is 7.18. The molecule has 4 rings (SSSR count). The van der Waals surface area contributed by atoms with Crippen LogP contribution in [-0.2, 0) is 10.2 Å². The van der Waals surface area contributed by atoms with Crippen LogP contribution in [0.2, 0.25) is 0 Å². The van der Waals surface area contributed by atoms with Crippen molar-refractivity contribution in [3.05, 3.63) is 29.8 Å². The van der Waals surface area contributed by atoms with Gasteiger partial charge in [0.15, 0.2) is 5.96 Å². The van der Waals surface area contributed by atoms with E-state index in [1.54, 1.807) is 7.11 Å². The Morgan fingerprint density at radius 2 is 1.90 bits per heavy atom. The first-order valence-electron chi connectivity index (χ1n) is 12.0. The Labute approximate surface area is 186 Å². The lowest BCUT2D eigenvalue weighted by atomic mass is 9.78. The number of hydrogen-bond acceptors (Lipinski definition) is 3. The second kappa shape index (κ2) is 9.92. The Balaban J connectivity index is 1.35. The molecule has 31 heavy (non-hydrogen) atoms. The third-order valence-electron chi connectivity index (χ3n) is 7.60. The fraction of sp³-hybridized carbons (Fsp3) is 0.680. The molecule has 0 spiro atoms. The second-order valence-electron chi connectivity index (χ2n) is 9.51. The normalized spacial score (nSPS) is 23.9. The highest BCUT2D eigenvalue weighted by Gasteiger charge is 2.38. The number of nitrogens with one attached hydrogen (secondary N) is 2. The first-order chi connectivity index (χ1) is 15.1. The molecule has 1 atom stereocenters. The van der Waals surface area contributed by atoms with Crippen LogP contribution in [0.3, 0.4) is 0 Å². The molecule has 3 aliphatic rings. The van der Waals surface area contributed by atoms with E-state index in [0.29, 0.717) is 5.91 Å². The number of rotatable bonds is 6. The largest absolute Gasteiger partial charge is 0.496 e. The van der Waals surface area contributed by atoms with Gasteiger partial charge in [-0.15, -0.1) is 0 Å². The number of amides is 1. The zero-order valence-electron chi connectivity index (χ0n) is 19.2. The van der Waals surface area contributed by atoms with Gasteiger partial charge in [-0.25, -0.2) is 0 Å². The van der Waals surface area contributed by atoms with Crippen molar-refractivity contribution >= 4 is 11.9 Å². The summed E-state index contributed by atoms with van der Waals surface area (Å²) in [6, 6.07) is 8.70. The molecule has 6 heteroatoms. The maximum atomic E-state index is 12.7. The number of nitrogens with zero attached hydrogens (tertiary/aromatic N) is 2. The van der Waals surface area contributed by atoms with Gasteiger partial charge in [-0.2, -0.15) is 0 Å². The highest BCUT2D eigenvalue weighted by atomic mass is 16.5. The van der Waals surface area contributed by atoms with Crippen molar-refractivity contribution in [2.24, 2.45) is 10.9 Å². The van der Waals surface area contributed by atoms with Gasteiger partial charge in [0.05, 0.1) is 7.11 Å². The van der Waals surface area contributed by atoms with E-state index < -0.39 is 0 Å². The van der Waals surface area contributed by atoms with Gasteiger partial charge in [-0.1, -0.05) is 43.9 Å². The zero-order chi connectivity index (χ0) is 21.7. The smallest absolute Gasteiger partial charge is 0.225 e. The number of carbonyl (C=O) groups excluding carboxylic acids is 1. The van der Waals surface area contributed by atoms with Crippen molar-refractivity contribution in [3.63, 3.8) is 0 Å². The molecule has 1 aromatic carbocycles. The highest BCUT2D eigenvalue weighted by Crippen LogP contribution is 2.44. The Hall–Kier alpha value is -2.24. The van der Waals surface area contributed by atoms with Gasteiger partial charge in [0.1, 0.15) is 5.75 Å². The lowest BCUT2D eigenvalue weighted by Gasteiger charge is -2.32. The van der Waals surface area contributed by atoms with Crippen LogP contribution in [-0.4, -0.2) is 56.6 Å². The maximum Gasteiger partial charge on any atom is 0.225 e. The Morgan fingerprint density at radius 1 is 1.16 bits per heavy atom. The van der Waals surface area contributed by atoms with Gasteiger partial charge in [0.2, 0.25) is 5.91 Å². The minimum atomic E-state index is 0.0738. The Bertz CT molecular complexity index is 781. The number of likely N-dealkylation sites (tertiary alicyclic amines) is 1. The predicted molar refractivity (Wildman–Crippen MR) is 125 cm³/mol. The topological polar surface area (TPSA) is 66.0 Å². The molecule has 170 valence electrons. The molecule has 1 heterocycles. The number of benzene rings is 1. The van der Waals surface area contributed by atoms with Crippen LogP contribution >= 0.6 is 0 Å². The number of carbonyl (C=O) groups is 1. The van der Waals surface area contributed by atoms with Crippen molar-refractivity contribution in [1.82, 2.24) is 15.5 Å². The molecule has 0 aromatic heterocycles. The SMILES string of the molecule is CN=C(NCC1(c2ccccc2OC)CCCC1)NC1CCN(C(=O)C2CCCC2)C1. The van der Waals surface area contributed by atoms with Crippen LogP contribution in [0.1, 0.15) is 63.4 Å². The molecule has 2 N–H and O–H groups in total. The summed E-state index contributed by atoms with van der Waals surface area (Å²) in [7, 11) is 3.59. The third-order valence-corrected chi connectivity index (χ3v) is 7.60. The number of para-hydroxylation sites is 1. The Kier molecular flexibility index (Phi) is 7.03. The van der Waals surface area contributed by atoms with Gasteiger partial charge in [0.25, 0.3) is 0 Å². The molecule has 0 radical (unpaired) electrons. The molecule has 2 aliphatic carbocycles. The molecule has 1 unspecified atom stereocenters. The average Bonchev–Trinajstić information content (AvgIpc) is 3.58. The van der Waals surface area contributed by atoms with E-state index in [4.69, 9.17) is 4.74 Å². The lowest BCUT2D eigenvalue weighted by Crippen LogP contribution is -2.49. The average molecular weight is 427 g/mol. The van der Waals surface area contributed by atoms with Crippen LogP contribution in [0.5, 0.6) is 5.75 Å². The molecule has 0 bridgehead atoms. The number of ether oxygens (including phenoxy) is 1. The minimum Gasteiger partial charge on any atom is -0.496 e. The number of hydrogen-bond donors (Lipinski definition) is 2. The van der Waals surface area contributed by atoms with E-state index in [2.05, 4.69) is 38.7 Å². The molecule has 6 nitrogen and oxygen atoms in total. The van der Waals surface area contributed by atoms with E-state index in [1.807, 2.05) is 13.1 Å². The summed E-state index contributed by atoms with van der Waals surface area (Å²) in [4.78, 5) is 19.3. The van der Waals surface area contributed by atoms with Gasteiger partial charge < -0.3 is 20.3 Å². The predicted octanol–water partition coefficient (Wildman–Crippen LogP) is 3.46. The van der Waals surface area contributed by atoms with Crippen molar-refractivity contribution < 1.29 is 9.53 Å². The number of guanidine groups is 1. The molecule has 1 amide bonds. The van der Waals surface area contributed by atoms with Crippen molar-refractivity contribution in [1.29, 1.82) is 0 Å². The third kappa shape index (κ3) is 4.83. The molecule has 1 aromatic rings. The summed E-state index contributed by atoms with van der Waals surface area (Å²) in [5.41, 5.74) is 1.37. The van der Waals surface area contributed by atoms with Crippen LogP contribution < -0.4 is 15.4 Å². The molecule has 2 saturated carbocycles. The summed E-state index contributed by atoms with van der Waals surface area (Å²) in [6.45, 7) is 2.48. The quantitative estimate of drug-likeness (QED) is 0.540. The lowest BCUT2D eigenvalue weighted by molar-refractivity contribution is -0.134. The molecular weight excluding hydrogens is 388 g/mol. The van der Waals surface area contributed by atoms with E-state index in [0.717, 1.165) is 63.4 Å². The fourth-order valence-corrected chi connectivity index (χ4v) is 5.83. The molecule has 1 aliphatic heterocycles. The van der Waals surface area contributed by atoms with E-state index in [9.17, 15) is 4.79 Å². The summed E-state index contributed by atoms with van der Waals surface area (Å²) in [5.74, 6) is 2.44. The van der Waals surface area contributed by atoms with Gasteiger partial charge in [-0.3, -0.25) is 9.79 Å². The molecule has 3 fully saturated rings. The summed E-state index contributed by atoms with van der Waals surface area (Å²) in [6.07, 6.45) is 10.3. The van der Waals surface area contributed by atoms with Crippen molar-refractivity contribution in [2.45, 2.75) is 69.2 Å². The molecule has 1 saturated heterocycles. The van der Waals surface area contributed by atoms with Crippen LogP contribution in [0, 0.1) is 5.92 Å². The van der Waals surface area contributed by atoms with Crippen LogP contribution in [0.15, 0.2) is 29.3 Å². The standard InChI is InChI=1S/C25H38N4O2/c1-26-24(28-20-13-16-29(17-20)23(30)19-9-3-4-10-19)27-18-25(14-7-8-15-25)21-11-5-6-12-22(21)31-2/h5-6,11-12,19-20H,3-4,7-10,13-18H2,1-2H3,(H2,26,27,28). The van der Waals surface area contributed by atoms with E-state index in [-0.39, 0.29) is 17.4 Å². The fourth-order valence-electron chi connectivity index (χ4n) is 5.83. The number of aliphatic imine (C=N–C) groups is 1. The monoisotopic (exact) mass is 426 g/mol. The highest BCUT2D eigenvalue weighted by molar-refractivity contribution is 5.81. The van der Waals surface area contributed by atoms with E-state index in [1.165, 1.54) is 31.2 Å². The zero-order valence-corrected chi connectivity index (χ0v) is 19.2. The first kappa shape index (κ1) is 22.0. The van der Waals surface area contributed by atoms with Crippen LogP contribution in [0.4, 0.5) is 0 Å². The van der Waals surface area contributed by atoms with Crippen molar-refractivity contribution in [2.75, 3.05) is 33.8 Å². The minimum absolute atomic E-state index is 0.0738.